The molecule has 5 heteroatoms. The fraction of sp³-hybridized carbons (Fsp3) is 0.0500. The molecule has 0 fully saturated rings. The lowest BCUT2D eigenvalue weighted by atomic mass is 9.98. The summed E-state index contributed by atoms with van der Waals surface area (Å²) in [5.41, 5.74) is 1.20. The summed E-state index contributed by atoms with van der Waals surface area (Å²) < 4.78 is 27.3. The molecule has 3 aromatic rings. The number of benzene rings is 3. The van der Waals surface area contributed by atoms with Crippen molar-refractivity contribution in [3.05, 3.63) is 106 Å². The van der Waals surface area contributed by atoms with E-state index < -0.39 is 23.6 Å². The number of carbonyl (C=O) groups is 1. The van der Waals surface area contributed by atoms with E-state index in [0.717, 1.165) is 17.2 Å². The first-order valence-corrected chi connectivity index (χ1v) is 7.99. The summed E-state index contributed by atoms with van der Waals surface area (Å²) in [7, 11) is 0. The van der Waals surface area contributed by atoms with Gasteiger partial charge in [0.1, 0.15) is 0 Å². The van der Waals surface area contributed by atoms with Crippen LogP contribution in [0.4, 0.5) is 8.78 Å². The monoisotopic (exact) mass is 357 g/mol. The fourth-order valence-corrected chi connectivity index (χ4v) is 2.78. The Labute approximate surface area is 149 Å². The van der Waals surface area contributed by atoms with E-state index in [0.29, 0.717) is 5.02 Å². The molecular formula is C20H14ClF2NO. The molecule has 25 heavy (non-hydrogen) atoms. The van der Waals surface area contributed by atoms with Crippen LogP contribution in [0.25, 0.3) is 0 Å². The molecule has 2 nitrogen and oxygen atoms in total. The summed E-state index contributed by atoms with van der Waals surface area (Å²) >= 11 is 6.05. The van der Waals surface area contributed by atoms with Crippen LogP contribution in [0.1, 0.15) is 27.5 Å². The van der Waals surface area contributed by atoms with Crippen molar-refractivity contribution in [3.63, 3.8) is 0 Å². The lowest BCUT2D eigenvalue weighted by molar-refractivity contribution is 0.0938. The average molecular weight is 358 g/mol. The largest absolute Gasteiger partial charge is 0.341 e. The maximum Gasteiger partial charge on any atom is 0.255 e. The molecule has 1 amide bonds. The fourth-order valence-electron chi connectivity index (χ4n) is 2.58. The van der Waals surface area contributed by atoms with Crippen molar-refractivity contribution in [1.29, 1.82) is 0 Å². The topological polar surface area (TPSA) is 29.1 Å². The van der Waals surface area contributed by atoms with E-state index >= 15 is 0 Å². The quantitative estimate of drug-likeness (QED) is 0.688. The van der Waals surface area contributed by atoms with E-state index in [-0.39, 0.29) is 5.56 Å². The van der Waals surface area contributed by atoms with Gasteiger partial charge in [-0.05, 0) is 35.4 Å². The predicted molar refractivity (Wildman–Crippen MR) is 93.6 cm³/mol. The zero-order valence-electron chi connectivity index (χ0n) is 13.0. The molecule has 3 aromatic carbocycles. The number of hydrogen-bond donors (Lipinski definition) is 1. The molecule has 3 rings (SSSR count). The molecule has 0 aliphatic heterocycles. The van der Waals surface area contributed by atoms with Crippen LogP contribution in [-0.2, 0) is 0 Å². The highest BCUT2D eigenvalue weighted by molar-refractivity contribution is 6.30. The normalized spacial score (nSPS) is 11.8. The van der Waals surface area contributed by atoms with Crippen LogP contribution in [0, 0.1) is 11.6 Å². The minimum atomic E-state index is -1.17. The number of halogens is 3. The second kappa shape index (κ2) is 7.45. The third-order valence-corrected chi connectivity index (χ3v) is 4.02. The van der Waals surface area contributed by atoms with E-state index in [9.17, 15) is 13.6 Å². The number of rotatable bonds is 4. The molecule has 0 aliphatic rings. The Hall–Kier alpha value is -2.72. The molecule has 1 unspecified atom stereocenters. The van der Waals surface area contributed by atoms with Crippen molar-refractivity contribution < 1.29 is 13.6 Å². The van der Waals surface area contributed by atoms with Gasteiger partial charge in [0.2, 0.25) is 0 Å². The van der Waals surface area contributed by atoms with Crippen molar-refractivity contribution in [2.75, 3.05) is 0 Å². The van der Waals surface area contributed by atoms with Crippen LogP contribution in [-0.4, -0.2) is 5.91 Å². The van der Waals surface area contributed by atoms with Crippen LogP contribution in [0.5, 0.6) is 0 Å². The van der Waals surface area contributed by atoms with Gasteiger partial charge in [-0.2, -0.15) is 0 Å². The minimum absolute atomic E-state index is 0.344. The van der Waals surface area contributed by atoms with Gasteiger partial charge >= 0.3 is 0 Å². The standard InChI is InChI=1S/C20H14ClF2NO/c21-15-9-4-8-14(12-15)19(13-6-2-1-3-7-13)24-20(25)16-10-5-11-17(22)18(16)23/h1-12,19H,(H,24,25). The Morgan fingerprint density at radius 2 is 1.56 bits per heavy atom. The van der Waals surface area contributed by atoms with Crippen LogP contribution >= 0.6 is 11.6 Å². The number of amides is 1. The molecular weight excluding hydrogens is 344 g/mol. The number of nitrogens with one attached hydrogen (secondary N) is 1. The van der Waals surface area contributed by atoms with Crippen molar-refractivity contribution in [2.45, 2.75) is 6.04 Å². The number of hydrogen-bond acceptors (Lipinski definition) is 1. The third-order valence-electron chi connectivity index (χ3n) is 3.79. The van der Waals surface area contributed by atoms with Crippen molar-refractivity contribution in [3.8, 4) is 0 Å². The summed E-state index contributed by atoms with van der Waals surface area (Å²) in [6.45, 7) is 0. The minimum Gasteiger partial charge on any atom is -0.341 e. The summed E-state index contributed by atoms with van der Waals surface area (Å²) in [5, 5.41) is 3.28. The van der Waals surface area contributed by atoms with Gasteiger partial charge in [0.05, 0.1) is 11.6 Å². The summed E-state index contributed by atoms with van der Waals surface area (Å²) in [6, 6.07) is 19.2. The molecule has 0 heterocycles. The second-order valence-corrected chi connectivity index (χ2v) is 5.91. The molecule has 0 bridgehead atoms. The Balaban J connectivity index is 1.98. The van der Waals surface area contributed by atoms with Crippen molar-refractivity contribution >= 4 is 17.5 Å². The Morgan fingerprint density at radius 3 is 2.28 bits per heavy atom. The second-order valence-electron chi connectivity index (χ2n) is 5.47. The first-order valence-electron chi connectivity index (χ1n) is 7.61. The van der Waals surface area contributed by atoms with Crippen LogP contribution < -0.4 is 5.32 Å². The van der Waals surface area contributed by atoms with Crippen LogP contribution in [0.2, 0.25) is 5.02 Å². The van der Waals surface area contributed by atoms with Gasteiger partial charge in [-0.1, -0.05) is 60.1 Å². The molecule has 0 saturated heterocycles. The molecule has 0 aromatic heterocycles. The van der Waals surface area contributed by atoms with E-state index in [1.54, 1.807) is 18.2 Å². The highest BCUT2D eigenvalue weighted by atomic mass is 35.5. The van der Waals surface area contributed by atoms with E-state index in [1.807, 2.05) is 36.4 Å². The molecule has 0 aliphatic carbocycles. The Bertz CT molecular complexity index is 899. The van der Waals surface area contributed by atoms with Gasteiger partial charge < -0.3 is 5.32 Å². The lowest BCUT2D eigenvalue weighted by Gasteiger charge is -2.20. The lowest BCUT2D eigenvalue weighted by Crippen LogP contribution is -2.30. The van der Waals surface area contributed by atoms with E-state index in [2.05, 4.69) is 5.32 Å². The Kier molecular flexibility index (Phi) is 5.10. The van der Waals surface area contributed by atoms with Gasteiger partial charge in [-0.25, -0.2) is 8.78 Å². The molecule has 126 valence electrons. The van der Waals surface area contributed by atoms with Gasteiger partial charge in [-0.3, -0.25) is 4.79 Å². The van der Waals surface area contributed by atoms with Gasteiger partial charge in [0, 0.05) is 5.02 Å². The Morgan fingerprint density at radius 1 is 0.880 bits per heavy atom. The summed E-state index contributed by atoms with van der Waals surface area (Å²) in [4.78, 5) is 12.5. The van der Waals surface area contributed by atoms with Gasteiger partial charge in [-0.15, -0.1) is 0 Å². The van der Waals surface area contributed by atoms with Crippen LogP contribution in [0.15, 0.2) is 72.8 Å². The highest BCUT2D eigenvalue weighted by Gasteiger charge is 2.21. The molecule has 0 radical (unpaired) electrons. The molecule has 1 N–H and O–H groups in total. The van der Waals surface area contributed by atoms with Gasteiger partial charge in [0.25, 0.3) is 5.91 Å². The zero-order valence-corrected chi connectivity index (χ0v) is 13.8. The molecule has 0 saturated carbocycles. The van der Waals surface area contributed by atoms with E-state index in [4.69, 9.17) is 11.6 Å². The zero-order chi connectivity index (χ0) is 17.8. The maximum absolute atomic E-state index is 13.9. The molecule has 0 spiro atoms. The highest BCUT2D eigenvalue weighted by Crippen LogP contribution is 2.25. The SMILES string of the molecule is O=C(NC(c1ccccc1)c1cccc(Cl)c1)c1cccc(F)c1F. The van der Waals surface area contributed by atoms with Gasteiger partial charge in [0.15, 0.2) is 11.6 Å². The predicted octanol–water partition coefficient (Wildman–Crippen LogP) is 5.14. The first-order chi connectivity index (χ1) is 12.1. The average Bonchev–Trinajstić information content (AvgIpc) is 2.62. The maximum atomic E-state index is 13.9. The number of carbonyl (C=O) groups excluding carboxylic acids is 1. The summed E-state index contributed by atoms with van der Waals surface area (Å²) in [5.74, 6) is -2.93. The van der Waals surface area contributed by atoms with E-state index in [1.165, 1.54) is 12.1 Å². The summed E-state index contributed by atoms with van der Waals surface area (Å²) in [6.07, 6.45) is 0. The third kappa shape index (κ3) is 3.86. The van der Waals surface area contributed by atoms with Crippen molar-refractivity contribution in [1.82, 2.24) is 5.32 Å². The van der Waals surface area contributed by atoms with Crippen molar-refractivity contribution in [2.24, 2.45) is 0 Å². The molecule has 1 atom stereocenters. The first kappa shape index (κ1) is 17.1. The smallest absolute Gasteiger partial charge is 0.255 e. The van der Waals surface area contributed by atoms with Crippen LogP contribution in [0.3, 0.4) is 0 Å².